The van der Waals surface area contributed by atoms with Gasteiger partial charge >= 0.3 is 0 Å². The Kier molecular flexibility index (Phi) is 15.8. The van der Waals surface area contributed by atoms with Crippen molar-refractivity contribution in [2.45, 2.75) is 27.7 Å². The van der Waals surface area contributed by atoms with Crippen LogP contribution in [0.3, 0.4) is 0 Å². The van der Waals surface area contributed by atoms with Gasteiger partial charge in [0.2, 0.25) is 0 Å². The third-order valence-electron chi connectivity index (χ3n) is 4.67. The maximum absolute atomic E-state index is 12.3. The van der Waals surface area contributed by atoms with Crippen LogP contribution in [0.5, 0.6) is 0 Å². The van der Waals surface area contributed by atoms with Crippen LogP contribution in [0.4, 0.5) is 0 Å². The van der Waals surface area contributed by atoms with E-state index in [2.05, 4.69) is 28.2 Å². The van der Waals surface area contributed by atoms with E-state index in [1.807, 2.05) is 37.5 Å². The molecular formula is C18H40Cl2N4O2. The Hall–Kier alpha value is -0.560. The molecule has 0 atom stereocenters. The molecule has 26 heavy (non-hydrogen) atoms. The van der Waals surface area contributed by atoms with Crippen molar-refractivity contribution in [3.05, 3.63) is 0 Å². The minimum absolute atomic E-state index is 0. The number of rotatable bonds is 11. The van der Waals surface area contributed by atoms with E-state index in [0.29, 0.717) is 22.1 Å². The first-order valence-corrected chi connectivity index (χ1v) is 9.21. The van der Waals surface area contributed by atoms with Crippen molar-refractivity contribution in [2.75, 3.05) is 80.5 Å². The Labute approximate surface area is 173 Å². The summed E-state index contributed by atoms with van der Waals surface area (Å²) in [7, 11) is 8.36. The summed E-state index contributed by atoms with van der Waals surface area (Å²) in [5, 5.41) is 0. The van der Waals surface area contributed by atoms with E-state index in [1.54, 1.807) is 0 Å². The quantitative estimate of drug-likeness (QED) is 0.317. The predicted octanol–water partition coefficient (Wildman–Crippen LogP) is -5.12. The van der Waals surface area contributed by atoms with Crippen molar-refractivity contribution < 1.29 is 43.4 Å². The summed E-state index contributed by atoms with van der Waals surface area (Å²) in [6, 6.07) is 0. The van der Waals surface area contributed by atoms with E-state index >= 15 is 0 Å². The van der Waals surface area contributed by atoms with Gasteiger partial charge < -0.3 is 43.6 Å². The molecule has 0 saturated heterocycles. The molecule has 0 aliphatic heterocycles. The van der Waals surface area contributed by atoms with Gasteiger partial charge in [-0.05, 0) is 27.7 Å². The Morgan fingerprint density at radius 2 is 0.846 bits per heavy atom. The Bertz CT molecular complexity index is 372. The molecule has 0 radical (unpaired) electrons. The number of amides is 2. The molecule has 0 fully saturated rings. The van der Waals surface area contributed by atoms with Crippen molar-refractivity contribution in [3.63, 3.8) is 0 Å². The fourth-order valence-electron chi connectivity index (χ4n) is 2.78. The van der Waals surface area contributed by atoms with Crippen LogP contribution in [0.2, 0.25) is 0 Å². The van der Waals surface area contributed by atoms with E-state index in [4.69, 9.17) is 0 Å². The lowest BCUT2D eigenvalue weighted by atomic mass is 10.3. The second-order valence-electron chi connectivity index (χ2n) is 7.77. The summed E-state index contributed by atoms with van der Waals surface area (Å²) in [4.78, 5) is 28.4. The van der Waals surface area contributed by atoms with Gasteiger partial charge in [0.25, 0.3) is 11.8 Å². The molecule has 0 aliphatic carbocycles. The van der Waals surface area contributed by atoms with E-state index < -0.39 is 0 Å². The van der Waals surface area contributed by atoms with Crippen LogP contribution in [0, 0.1) is 0 Å². The molecule has 8 heteroatoms. The van der Waals surface area contributed by atoms with Gasteiger partial charge in [0, 0.05) is 26.2 Å². The largest absolute Gasteiger partial charge is 1.00 e. The Morgan fingerprint density at radius 3 is 1.04 bits per heavy atom. The monoisotopic (exact) mass is 414 g/mol. The predicted molar refractivity (Wildman–Crippen MR) is 99.5 cm³/mol. The molecular weight excluding hydrogens is 375 g/mol. The van der Waals surface area contributed by atoms with Gasteiger partial charge in [-0.3, -0.25) is 9.59 Å². The van der Waals surface area contributed by atoms with Crippen LogP contribution in [-0.4, -0.2) is 111 Å². The third-order valence-corrected chi connectivity index (χ3v) is 4.67. The first-order chi connectivity index (χ1) is 11.0. The van der Waals surface area contributed by atoms with Gasteiger partial charge in [-0.1, -0.05) is 0 Å². The van der Waals surface area contributed by atoms with Gasteiger partial charge in [-0.15, -0.1) is 0 Å². The molecule has 0 rings (SSSR count). The summed E-state index contributed by atoms with van der Waals surface area (Å²) in [6.45, 7) is 13.8. The van der Waals surface area contributed by atoms with Gasteiger partial charge in [0.15, 0.2) is 13.1 Å². The molecule has 0 aromatic heterocycles. The van der Waals surface area contributed by atoms with Gasteiger partial charge in [0.05, 0.1) is 28.2 Å². The molecule has 6 nitrogen and oxygen atoms in total. The van der Waals surface area contributed by atoms with Crippen molar-refractivity contribution in [2.24, 2.45) is 0 Å². The van der Waals surface area contributed by atoms with Crippen LogP contribution in [-0.2, 0) is 9.59 Å². The SMILES string of the molecule is CCN(CC)C(=O)C[N+](C)(C)CC[N+](C)(C)CC(=O)N(CC)CC.[Cl-].[Cl-]. The molecule has 0 heterocycles. The summed E-state index contributed by atoms with van der Waals surface area (Å²) in [5.41, 5.74) is 0. The summed E-state index contributed by atoms with van der Waals surface area (Å²) in [6.07, 6.45) is 0. The number of halogens is 2. The standard InChI is InChI=1S/C18H40N4O2.2ClH/c1-9-19(10-2)17(23)15-21(5,6)13-14-22(7,8)16-18(24)20(11-3)12-4;;/h9-16H2,1-8H3;2*1H/q+2;;/p-2. The lowest BCUT2D eigenvalue weighted by Crippen LogP contribution is -3.00. The summed E-state index contributed by atoms with van der Waals surface area (Å²) >= 11 is 0. The summed E-state index contributed by atoms with van der Waals surface area (Å²) in [5.74, 6) is 0.407. The highest BCUT2D eigenvalue weighted by atomic mass is 35.5. The normalized spacial score (nSPS) is 11.2. The number of carbonyl (C=O) groups is 2. The van der Waals surface area contributed by atoms with Crippen molar-refractivity contribution in [1.29, 1.82) is 0 Å². The minimum Gasteiger partial charge on any atom is -1.00 e. The second-order valence-corrected chi connectivity index (χ2v) is 7.77. The number of hydrogen-bond donors (Lipinski definition) is 0. The topological polar surface area (TPSA) is 40.6 Å². The second kappa shape index (κ2) is 13.6. The highest BCUT2D eigenvalue weighted by molar-refractivity contribution is 5.77. The first-order valence-electron chi connectivity index (χ1n) is 9.21. The number of likely N-dealkylation sites (N-methyl/N-ethyl adjacent to an activating group) is 4. The van der Waals surface area contributed by atoms with Crippen molar-refractivity contribution >= 4 is 11.8 Å². The average Bonchev–Trinajstić information content (AvgIpc) is 2.47. The smallest absolute Gasteiger partial charge is 0.277 e. The van der Waals surface area contributed by atoms with Crippen molar-refractivity contribution in [1.82, 2.24) is 9.80 Å². The van der Waals surface area contributed by atoms with E-state index in [9.17, 15) is 9.59 Å². The zero-order valence-electron chi connectivity index (χ0n) is 18.0. The zero-order valence-corrected chi connectivity index (χ0v) is 19.5. The van der Waals surface area contributed by atoms with E-state index in [1.165, 1.54) is 0 Å². The molecule has 0 aromatic rings. The molecule has 158 valence electrons. The lowest BCUT2D eigenvalue weighted by molar-refractivity contribution is -0.938. The molecule has 0 N–H and O–H groups in total. The molecule has 0 bridgehead atoms. The van der Waals surface area contributed by atoms with Crippen LogP contribution < -0.4 is 24.8 Å². The zero-order chi connectivity index (χ0) is 19.0. The Morgan fingerprint density at radius 1 is 0.615 bits per heavy atom. The maximum Gasteiger partial charge on any atom is 0.277 e. The molecule has 0 aliphatic rings. The first kappa shape index (κ1) is 30.2. The van der Waals surface area contributed by atoms with Gasteiger partial charge in [0.1, 0.15) is 13.1 Å². The fraction of sp³-hybridized carbons (Fsp3) is 0.889. The number of hydrogen-bond acceptors (Lipinski definition) is 2. The van der Waals surface area contributed by atoms with Crippen LogP contribution in [0.25, 0.3) is 0 Å². The number of nitrogens with zero attached hydrogens (tertiary/aromatic N) is 4. The molecule has 0 spiro atoms. The molecule has 2 amide bonds. The van der Waals surface area contributed by atoms with Gasteiger partial charge in [-0.2, -0.15) is 0 Å². The van der Waals surface area contributed by atoms with E-state index in [0.717, 1.165) is 39.3 Å². The van der Waals surface area contributed by atoms with Crippen LogP contribution in [0.1, 0.15) is 27.7 Å². The highest BCUT2D eigenvalue weighted by Crippen LogP contribution is 2.06. The van der Waals surface area contributed by atoms with Crippen molar-refractivity contribution in [3.8, 4) is 0 Å². The minimum atomic E-state index is 0. The number of carbonyl (C=O) groups excluding carboxylic acids is 2. The third kappa shape index (κ3) is 11.2. The Balaban J connectivity index is -0.00000264. The molecule has 0 aromatic carbocycles. The summed E-state index contributed by atoms with van der Waals surface area (Å²) < 4.78 is 1.30. The number of quaternary nitrogens is 2. The maximum atomic E-state index is 12.3. The van der Waals surface area contributed by atoms with E-state index in [-0.39, 0.29) is 36.6 Å². The highest BCUT2D eigenvalue weighted by Gasteiger charge is 2.29. The lowest BCUT2D eigenvalue weighted by Gasteiger charge is -2.36. The van der Waals surface area contributed by atoms with Gasteiger partial charge in [-0.25, -0.2) is 0 Å². The van der Waals surface area contributed by atoms with Crippen LogP contribution >= 0.6 is 0 Å². The average molecular weight is 415 g/mol. The fourth-order valence-corrected chi connectivity index (χ4v) is 2.78. The molecule has 0 unspecified atom stereocenters. The molecule has 0 saturated carbocycles. The van der Waals surface area contributed by atoms with Crippen LogP contribution in [0.15, 0.2) is 0 Å².